The van der Waals surface area contributed by atoms with E-state index in [9.17, 15) is 0 Å². The molecular weight excluding hydrogens is 146 g/mol. The number of aryl methyl sites for hydroxylation is 1. The lowest BCUT2D eigenvalue weighted by Gasteiger charge is -1.99. The summed E-state index contributed by atoms with van der Waals surface area (Å²) in [5.41, 5.74) is 3.36. The predicted molar refractivity (Wildman–Crippen MR) is 50.4 cm³/mol. The molecule has 0 amide bonds. The summed E-state index contributed by atoms with van der Waals surface area (Å²) in [6.07, 6.45) is 1.56. The van der Waals surface area contributed by atoms with E-state index in [0.717, 1.165) is 11.1 Å². The molecule has 1 aromatic rings. The Balaban J connectivity index is 3.05. The number of hydrogen-bond acceptors (Lipinski definition) is 1. The van der Waals surface area contributed by atoms with Crippen molar-refractivity contribution < 1.29 is 0 Å². The van der Waals surface area contributed by atoms with Gasteiger partial charge >= 0.3 is 0 Å². The highest BCUT2D eigenvalue weighted by atomic mass is 14.2. The Morgan fingerprint density at radius 1 is 1.50 bits per heavy atom. The van der Waals surface area contributed by atoms with E-state index in [0.29, 0.717) is 0 Å². The smallest absolute Gasteiger partial charge is 0.0915 e. The van der Waals surface area contributed by atoms with Crippen LogP contribution in [-0.4, -0.2) is 0 Å². The minimum atomic E-state index is 1.02. The highest BCUT2D eigenvalue weighted by Crippen LogP contribution is 2.13. The van der Waals surface area contributed by atoms with Gasteiger partial charge in [-0.05, 0) is 25.0 Å². The van der Waals surface area contributed by atoms with Gasteiger partial charge in [0.25, 0.3) is 0 Å². The maximum absolute atomic E-state index is 8.44. The summed E-state index contributed by atoms with van der Waals surface area (Å²) in [6, 6.07) is 10.2. The van der Waals surface area contributed by atoms with Crippen molar-refractivity contribution in [1.82, 2.24) is 0 Å². The fourth-order valence-corrected chi connectivity index (χ4v) is 1.07. The predicted octanol–water partition coefficient (Wildman–Crippen LogP) is 2.92. The first-order chi connectivity index (χ1) is 5.74. The minimum Gasteiger partial charge on any atom is -0.193 e. The maximum Gasteiger partial charge on any atom is 0.0915 e. The number of rotatable bonds is 1. The lowest BCUT2D eigenvalue weighted by molar-refractivity contribution is 1.43. The third-order valence-corrected chi connectivity index (χ3v) is 1.75. The Hall–Kier alpha value is -1.55. The molecule has 0 aliphatic rings. The van der Waals surface area contributed by atoms with Crippen LogP contribution in [0.5, 0.6) is 0 Å². The fraction of sp³-hybridized carbons (Fsp3) is 0.182. The van der Waals surface area contributed by atoms with Crippen molar-refractivity contribution in [2.45, 2.75) is 13.8 Å². The molecule has 60 valence electrons. The van der Waals surface area contributed by atoms with Crippen molar-refractivity contribution in [2.75, 3.05) is 0 Å². The Kier molecular flexibility index (Phi) is 2.66. The lowest BCUT2D eigenvalue weighted by Crippen LogP contribution is -1.79. The average Bonchev–Trinajstić information content (AvgIpc) is 2.05. The van der Waals surface area contributed by atoms with E-state index < -0.39 is 0 Å². The van der Waals surface area contributed by atoms with Crippen LogP contribution in [0, 0.1) is 18.3 Å². The van der Waals surface area contributed by atoms with E-state index in [1.165, 1.54) is 5.56 Å². The Morgan fingerprint density at radius 2 is 2.25 bits per heavy atom. The van der Waals surface area contributed by atoms with Crippen LogP contribution in [0.25, 0.3) is 5.57 Å². The third-order valence-electron chi connectivity index (χ3n) is 1.75. The van der Waals surface area contributed by atoms with Crippen molar-refractivity contribution in [3.63, 3.8) is 0 Å². The van der Waals surface area contributed by atoms with Crippen molar-refractivity contribution in [3.05, 3.63) is 41.5 Å². The average molecular weight is 157 g/mol. The van der Waals surface area contributed by atoms with E-state index in [2.05, 4.69) is 6.07 Å². The van der Waals surface area contributed by atoms with Crippen LogP contribution in [-0.2, 0) is 0 Å². The van der Waals surface area contributed by atoms with Crippen LogP contribution in [0.15, 0.2) is 30.3 Å². The normalized spacial score (nSPS) is 10.9. The van der Waals surface area contributed by atoms with Gasteiger partial charge in [-0.2, -0.15) is 5.26 Å². The minimum absolute atomic E-state index is 1.02. The molecule has 0 N–H and O–H groups in total. The van der Waals surface area contributed by atoms with Crippen LogP contribution in [0.2, 0.25) is 0 Å². The topological polar surface area (TPSA) is 23.8 Å². The van der Waals surface area contributed by atoms with Gasteiger partial charge in [-0.1, -0.05) is 29.8 Å². The quantitative estimate of drug-likeness (QED) is 0.575. The second-order valence-corrected chi connectivity index (χ2v) is 2.83. The van der Waals surface area contributed by atoms with Gasteiger partial charge < -0.3 is 0 Å². The van der Waals surface area contributed by atoms with Gasteiger partial charge in [-0.25, -0.2) is 0 Å². The summed E-state index contributed by atoms with van der Waals surface area (Å²) in [7, 11) is 0. The fourth-order valence-electron chi connectivity index (χ4n) is 1.07. The molecule has 0 fully saturated rings. The Labute approximate surface area is 73.0 Å². The van der Waals surface area contributed by atoms with Crippen LogP contribution in [0.4, 0.5) is 0 Å². The van der Waals surface area contributed by atoms with E-state index in [1.807, 2.05) is 38.1 Å². The lowest BCUT2D eigenvalue weighted by atomic mass is 10.1. The summed E-state index contributed by atoms with van der Waals surface area (Å²) in [4.78, 5) is 0. The monoisotopic (exact) mass is 157 g/mol. The molecule has 0 aromatic heterocycles. The summed E-state index contributed by atoms with van der Waals surface area (Å²) in [6.45, 7) is 3.99. The molecule has 0 saturated carbocycles. The molecule has 1 aromatic carbocycles. The Morgan fingerprint density at radius 3 is 2.83 bits per heavy atom. The van der Waals surface area contributed by atoms with Crippen LogP contribution < -0.4 is 0 Å². The van der Waals surface area contributed by atoms with Crippen molar-refractivity contribution in [2.24, 2.45) is 0 Å². The molecule has 0 bridgehead atoms. The second-order valence-electron chi connectivity index (χ2n) is 2.83. The first kappa shape index (κ1) is 8.55. The van der Waals surface area contributed by atoms with Gasteiger partial charge in [0.2, 0.25) is 0 Å². The molecule has 0 unspecified atom stereocenters. The van der Waals surface area contributed by atoms with E-state index in [1.54, 1.807) is 6.08 Å². The Bertz CT molecular complexity index is 342. The first-order valence-corrected chi connectivity index (χ1v) is 3.87. The highest BCUT2D eigenvalue weighted by Gasteiger charge is 1.93. The molecule has 0 spiro atoms. The van der Waals surface area contributed by atoms with Crippen molar-refractivity contribution in [1.29, 1.82) is 5.26 Å². The standard InChI is InChI=1S/C11H11N/c1-9-4-3-5-11(8-9)10(2)6-7-12/h3-6,8H,1-2H3. The molecule has 0 aliphatic heterocycles. The van der Waals surface area contributed by atoms with Gasteiger partial charge in [0.05, 0.1) is 6.07 Å². The van der Waals surface area contributed by atoms with Crippen molar-refractivity contribution in [3.8, 4) is 6.07 Å². The summed E-state index contributed by atoms with van der Waals surface area (Å²) in [5.74, 6) is 0. The number of hydrogen-bond donors (Lipinski definition) is 0. The zero-order chi connectivity index (χ0) is 8.97. The van der Waals surface area contributed by atoms with Crippen molar-refractivity contribution >= 4 is 5.57 Å². The maximum atomic E-state index is 8.44. The first-order valence-electron chi connectivity index (χ1n) is 3.87. The zero-order valence-corrected chi connectivity index (χ0v) is 7.33. The molecule has 0 heterocycles. The number of nitrogens with zero attached hydrogens (tertiary/aromatic N) is 1. The largest absolute Gasteiger partial charge is 0.193 e. The van der Waals surface area contributed by atoms with Gasteiger partial charge in [-0.15, -0.1) is 0 Å². The molecule has 0 radical (unpaired) electrons. The number of nitriles is 1. The molecule has 0 atom stereocenters. The number of allylic oxidation sites excluding steroid dienone is 2. The molecule has 1 heteroatoms. The molecule has 0 aliphatic carbocycles. The van der Waals surface area contributed by atoms with Gasteiger partial charge in [0.1, 0.15) is 0 Å². The van der Waals surface area contributed by atoms with Gasteiger partial charge in [0, 0.05) is 6.08 Å². The molecule has 1 nitrogen and oxygen atoms in total. The van der Waals surface area contributed by atoms with Gasteiger partial charge in [-0.3, -0.25) is 0 Å². The van der Waals surface area contributed by atoms with Gasteiger partial charge in [0.15, 0.2) is 0 Å². The second kappa shape index (κ2) is 3.73. The van der Waals surface area contributed by atoms with E-state index in [4.69, 9.17) is 5.26 Å². The molecular formula is C11H11N. The summed E-state index contributed by atoms with van der Waals surface area (Å²) >= 11 is 0. The third kappa shape index (κ3) is 1.96. The van der Waals surface area contributed by atoms with E-state index >= 15 is 0 Å². The van der Waals surface area contributed by atoms with Crippen LogP contribution in [0.1, 0.15) is 18.1 Å². The van der Waals surface area contributed by atoms with Crippen LogP contribution in [0.3, 0.4) is 0 Å². The zero-order valence-electron chi connectivity index (χ0n) is 7.33. The molecule has 0 saturated heterocycles. The number of benzene rings is 1. The summed E-state index contributed by atoms with van der Waals surface area (Å²) < 4.78 is 0. The van der Waals surface area contributed by atoms with Crippen LogP contribution >= 0.6 is 0 Å². The molecule has 12 heavy (non-hydrogen) atoms. The highest BCUT2D eigenvalue weighted by molar-refractivity contribution is 5.66. The van der Waals surface area contributed by atoms with E-state index in [-0.39, 0.29) is 0 Å². The SMILES string of the molecule is CC(=CC#N)c1cccc(C)c1. The molecule has 1 rings (SSSR count). The summed E-state index contributed by atoms with van der Waals surface area (Å²) in [5, 5.41) is 8.44.